The maximum atomic E-state index is 4.52. The molecule has 0 amide bonds. The highest BCUT2D eigenvalue weighted by atomic mass is 15.4. The summed E-state index contributed by atoms with van der Waals surface area (Å²) in [4.78, 5) is 4.58. The smallest absolute Gasteiger partial charge is 0.177 e. The van der Waals surface area contributed by atoms with Gasteiger partial charge in [-0.15, -0.1) is 20.4 Å². The molecule has 3 aromatic rings. The first-order valence-corrected chi connectivity index (χ1v) is 7.16. The van der Waals surface area contributed by atoms with E-state index in [1.807, 2.05) is 30.1 Å². The lowest BCUT2D eigenvalue weighted by Crippen LogP contribution is -2.58. The van der Waals surface area contributed by atoms with Crippen molar-refractivity contribution in [3.05, 3.63) is 30.4 Å². The zero-order valence-corrected chi connectivity index (χ0v) is 12.5. The van der Waals surface area contributed by atoms with Gasteiger partial charge in [-0.05, 0) is 19.2 Å². The van der Waals surface area contributed by atoms with Crippen molar-refractivity contribution in [2.75, 3.05) is 25.0 Å². The van der Waals surface area contributed by atoms with Crippen LogP contribution in [0.1, 0.15) is 5.69 Å². The van der Waals surface area contributed by atoms with Gasteiger partial charge >= 0.3 is 0 Å². The predicted molar refractivity (Wildman–Crippen MR) is 79.3 cm³/mol. The molecule has 0 aromatic carbocycles. The van der Waals surface area contributed by atoms with Crippen LogP contribution in [0.4, 0.5) is 5.82 Å². The Balaban J connectivity index is 1.39. The van der Waals surface area contributed by atoms with Gasteiger partial charge in [-0.25, -0.2) is 0 Å². The second-order valence-corrected chi connectivity index (χ2v) is 5.65. The molecule has 0 bridgehead atoms. The number of aryl methyl sites for hydroxylation is 1. The molecule has 3 aromatic heterocycles. The number of rotatable bonds is 4. The molecule has 1 aliphatic heterocycles. The molecule has 0 unspecified atom stereocenters. The third-order valence-corrected chi connectivity index (χ3v) is 4.18. The van der Waals surface area contributed by atoms with Gasteiger partial charge in [0.2, 0.25) is 0 Å². The molecule has 9 heteroatoms. The quantitative estimate of drug-likeness (QED) is 0.647. The van der Waals surface area contributed by atoms with Crippen LogP contribution in [0, 0.1) is 0 Å². The van der Waals surface area contributed by atoms with Gasteiger partial charge < -0.3 is 4.90 Å². The molecule has 0 N–H and O–H groups in total. The minimum absolute atomic E-state index is 0.508. The first-order valence-electron chi connectivity index (χ1n) is 7.16. The van der Waals surface area contributed by atoms with Crippen molar-refractivity contribution in [2.24, 2.45) is 7.05 Å². The summed E-state index contributed by atoms with van der Waals surface area (Å²) in [6, 6.07) is 4.44. The Morgan fingerprint density at radius 3 is 2.91 bits per heavy atom. The maximum Gasteiger partial charge on any atom is 0.177 e. The maximum absolute atomic E-state index is 4.52. The fourth-order valence-electron chi connectivity index (χ4n) is 2.65. The lowest BCUT2D eigenvalue weighted by atomic mass is 10.1. The first kappa shape index (κ1) is 13.1. The van der Waals surface area contributed by atoms with E-state index in [0.717, 1.165) is 36.8 Å². The molecule has 0 atom stereocenters. The normalized spacial score (nSPS) is 15.7. The highest BCUT2D eigenvalue weighted by Gasteiger charge is 2.31. The van der Waals surface area contributed by atoms with Crippen LogP contribution in [0.5, 0.6) is 0 Å². The van der Waals surface area contributed by atoms with E-state index in [1.165, 1.54) is 0 Å². The number of likely N-dealkylation sites (N-methyl/N-ethyl adjacent to an activating group) is 1. The number of hydrogen-bond acceptors (Lipinski definition) is 7. The van der Waals surface area contributed by atoms with Crippen LogP contribution >= 0.6 is 0 Å². The summed E-state index contributed by atoms with van der Waals surface area (Å²) < 4.78 is 3.52. The van der Waals surface area contributed by atoms with Crippen LogP contribution in [-0.2, 0) is 13.6 Å². The number of nitrogens with zero attached hydrogens (tertiary/aromatic N) is 9. The van der Waals surface area contributed by atoms with Crippen molar-refractivity contribution in [3.8, 4) is 0 Å². The molecular weight excluding hydrogens is 282 g/mol. The zero-order valence-electron chi connectivity index (χ0n) is 12.5. The average Bonchev–Trinajstić information content (AvgIpc) is 3.06. The second-order valence-electron chi connectivity index (χ2n) is 5.65. The van der Waals surface area contributed by atoms with Gasteiger partial charge in [0.05, 0.1) is 11.9 Å². The minimum atomic E-state index is 0.508. The second kappa shape index (κ2) is 5.02. The molecule has 4 heterocycles. The highest BCUT2D eigenvalue weighted by Crippen LogP contribution is 2.22. The highest BCUT2D eigenvalue weighted by molar-refractivity contribution is 5.47. The summed E-state index contributed by atoms with van der Waals surface area (Å²) in [6.45, 7) is 2.77. The fourth-order valence-corrected chi connectivity index (χ4v) is 2.65. The minimum Gasteiger partial charge on any atom is -0.352 e. The third kappa shape index (κ3) is 2.19. The van der Waals surface area contributed by atoms with Crippen molar-refractivity contribution in [3.63, 3.8) is 0 Å². The number of fused-ring (bicyclic) bond motifs is 1. The van der Waals surface area contributed by atoms with Crippen LogP contribution in [0.2, 0.25) is 0 Å². The molecule has 0 spiro atoms. The fraction of sp³-hybridized carbons (Fsp3) is 0.462. The number of anilines is 1. The van der Waals surface area contributed by atoms with Gasteiger partial charge in [0, 0.05) is 32.7 Å². The number of aromatic nitrogens is 7. The van der Waals surface area contributed by atoms with E-state index >= 15 is 0 Å². The van der Waals surface area contributed by atoms with E-state index in [0.29, 0.717) is 6.04 Å². The Bertz CT molecular complexity index is 786. The lowest BCUT2D eigenvalue weighted by molar-refractivity contribution is 0.192. The van der Waals surface area contributed by atoms with E-state index in [-0.39, 0.29) is 0 Å². The van der Waals surface area contributed by atoms with E-state index in [9.17, 15) is 0 Å². The van der Waals surface area contributed by atoms with E-state index < -0.39 is 0 Å². The average molecular weight is 299 g/mol. The molecular formula is C13H17N9. The Kier molecular flexibility index (Phi) is 3.00. The summed E-state index contributed by atoms with van der Waals surface area (Å²) in [5, 5.41) is 20.2. The SMILES string of the molecule is CN(Cc1cnnn1C)C1CN(c2ccc3nncn3n2)C1. The molecule has 0 aliphatic carbocycles. The van der Waals surface area contributed by atoms with Crippen molar-refractivity contribution in [1.29, 1.82) is 0 Å². The molecule has 1 fully saturated rings. The van der Waals surface area contributed by atoms with Crippen molar-refractivity contribution in [1.82, 2.24) is 39.7 Å². The molecule has 22 heavy (non-hydrogen) atoms. The molecule has 0 radical (unpaired) electrons. The van der Waals surface area contributed by atoms with Gasteiger partial charge in [0.25, 0.3) is 0 Å². The summed E-state index contributed by atoms with van der Waals surface area (Å²) in [6.07, 6.45) is 3.44. The Hall–Kier alpha value is -2.55. The van der Waals surface area contributed by atoms with E-state index in [2.05, 4.69) is 42.5 Å². The molecule has 1 aliphatic rings. The van der Waals surface area contributed by atoms with Gasteiger partial charge in [0.1, 0.15) is 12.1 Å². The predicted octanol–water partition coefficient (Wildman–Crippen LogP) is -0.427. The monoisotopic (exact) mass is 299 g/mol. The van der Waals surface area contributed by atoms with E-state index in [4.69, 9.17) is 0 Å². The lowest BCUT2D eigenvalue weighted by Gasteiger charge is -2.44. The van der Waals surface area contributed by atoms with Gasteiger partial charge in [-0.1, -0.05) is 5.21 Å². The van der Waals surface area contributed by atoms with Crippen LogP contribution in [0.25, 0.3) is 5.65 Å². The Morgan fingerprint density at radius 2 is 2.14 bits per heavy atom. The summed E-state index contributed by atoms with van der Waals surface area (Å²) in [5.74, 6) is 0.958. The zero-order chi connectivity index (χ0) is 15.1. The van der Waals surface area contributed by atoms with Crippen LogP contribution in [0.15, 0.2) is 24.7 Å². The van der Waals surface area contributed by atoms with Crippen LogP contribution < -0.4 is 4.90 Å². The van der Waals surface area contributed by atoms with Crippen molar-refractivity contribution < 1.29 is 0 Å². The van der Waals surface area contributed by atoms with Crippen LogP contribution in [-0.4, -0.2) is 65.9 Å². The van der Waals surface area contributed by atoms with Gasteiger partial charge in [-0.2, -0.15) is 4.52 Å². The summed E-state index contributed by atoms with van der Waals surface area (Å²) in [7, 11) is 4.05. The van der Waals surface area contributed by atoms with Crippen LogP contribution in [0.3, 0.4) is 0 Å². The largest absolute Gasteiger partial charge is 0.352 e. The molecule has 0 saturated carbocycles. The molecule has 9 nitrogen and oxygen atoms in total. The van der Waals surface area contributed by atoms with E-state index in [1.54, 1.807) is 10.8 Å². The van der Waals surface area contributed by atoms with Gasteiger partial charge in [-0.3, -0.25) is 9.58 Å². The Morgan fingerprint density at radius 1 is 1.27 bits per heavy atom. The molecule has 1 saturated heterocycles. The Labute approximate surface area is 127 Å². The molecule has 4 rings (SSSR count). The standard InChI is InChI=1S/C13H17N9/c1-19(6-10-5-14-18-20(10)2)11-7-21(8-11)13-4-3-12-16-15-9-22(12)17-13/h3-5,9,11H,6-8H2,1-2H3. The summed E-state index contributed by atoms with van der Waals surface area (Å²) >= 11 is 0. The van der Waals surface area contributed by atoms with Crippen molar-refractivity contribution in [2.45, 2.75) is 12.6 Å². The third-order valence-electron chi connectivity index (χ3n) is 4.18. The number of hydrogen-bond donors (Lipinski definition) is 0. The summed E-state index contributed by atoms with van der Waals surface area (Å²) in [5.41, 5.74) is 1.88. The van der Waals surface area contributed by atoms with Crippen molar-refractivity contribution >= 4 is 11.5 Å². The molecule has 114 valence electrons. The van der Waals surface area contributed by atoms with Gasteiger partial charge in [0.15, 0.2) is 5.65 Å². The first-order chi connectivity index (χ1) is 10.7. The topological polar surface area (TPSA) is 80.3 Å².